The van der Waals surface area contributed by atoms with Crippen molar-refractivity contribution in [3.05, 3.63) is 35.6 Å². The van der Waals surface area contributed by atoms with Gasteiger partial charge in [0, 0.05) is 6.54 Å². The van der Waals surface area contributed by atoms with E-state index in [2.05, 4.69) is 10.1 Å². The first-order valence-electron chi connectivity index (χ1n) is 5.26. The lowest BCUT2D eigenvalue weighted by Gasteiger charge is -2.09. The second-order valence-corrected chi connectivity index (χ2v) is 5.10. The number of esters is 1. The lowest BCUT2D eigenvalue weighted by atomic mass is 10.1. The van der Waals surface area contributed by atoms with Crippen molar-refractivity contribution in [2.45, 2.75) is 10.3 Å². The van der Waals surface area contributed by atoms with E-state index in [1.165, 1.54) is 19.2 Å². The van der Waals surface area contributed by atoms with Crippen molar-refractivity contribution in [1.82, 2.24) is 5.32 Å². The zero-order valence-electron chi connectivity index (χ0n) is 9.78. The topological polar surface area (TPSA) is 55.4 Å². The maximum absolute atomic E-state index is 12.7. The molecule has 0 saturated carbocycles. The van der Waals surface area contributed by atoms with Crippen LogP contribution in [0.15, 0.2) is 24.3 Å². The Balaban J connectivity index is 2.38. The molecule has 18 heavy (non-hydrogen) atoms. The third kappa shape index (κ3) is 4.99. The molecule has 1 aromatic rings. The summed E-state index contributed by atoms with van der Waals surface area (Å²) in [6.07, 6.45) is 0.158. The molecule has 1 amide bonds. The van der Waals surface area contributed by atoms with Crippen LogP contribution in [0.1, 0.15) is 5.56 Å². The van der Waals surface area contributed by atoms with Crippen molar-refractivity contribution in [1.29, 1.82) is 0 Å². The normalized spacial score (nSPS) is 11.7. The average Bonchev–Trinajstić information content (AvgIpc) is 2.37. The summed E-state index contributed by atoms with van der Waals surface area (Å²) in [5.41, 5.74) is 0.719. The summed E-state index contributed by atoms with van der Waals surface area (Å²) in [6, 6.07) is 5.71. The van der Waals surface area contributed by atoms with Crippen molar-refractivity contribution < 1.29 is 18.7 Å². The lowest BCUT2D eigenvalue weighted by molar-refractivity contribution is -0.139. The Bertz CT molecular complexity index is 422. The first-order chi connectivity index (χ1) is 8.52. The van der Waals surface area contributed by atoms with Gasteiger partial charge in [-0.25, -0.2) is 4.39 Å². The Kier molecular flexibility index (Phi) is 6.03. The predicted molar refractivity (Wildman–Crippen MR) is 72.9 cm³/mol. The van der Waals surface area contributed by atoms with E-state index in [1.807, 2.05) is 22.6 Å². The summed E-state index contributed by atoms with van der Waals surface area (Å²) in [5, 5.41) is 2.62. The van der Waals surface area contributed by atoms with Gasteiger partial charge < -0.3 is 10.1 Å². The van der Waals surface area contributed by atoms with Crippen molar-refractivity contribution in [2.24, 2.45) is 0 Å². The molecule has 0 bridgehead atoms. The highest BCUT2D eigenvalue weighted by molar-refractivity contribution is 14.1. The van der Waals surface area contributed by atoms with E-state index in [4.69, 9.17) is 0 Å². The number of benzene rings is 1. The summed E-state index contributed by atoms with van der Waals surface area (Å²) < 4.78 is 16.8. The van der Waals surface area contributed by atoms with Gasteiger partial charge >= 0.3 is 5.97 Å². The molecule has 0 aliphatic carbocycles. The van der Waals surface area contributed by atoms with E-state index in [0.717, 1.165) is 5.56 Å². The van der Waals surface area contributed by atoms with Gasteiger partial charge in [-0.2, -0.15) is 0 Å². The van der Waals surface area contributed by atoms with Crippen LogP contribution in [-0.4, -0.2) is 29.5 Å². The molecule has 1 unspecified atom stereocenters. The lowest BCUT2D eigenvalue weighted by Crippen LogP contribution is -2.34. The smallest absolute Gasteiger partial charge is 0.320 e. The van der Waals surface area contributed by atoms with Gasteiger partial charge in [0.2, 0.25) is 5.91 Å². The molecule has 0 aliphatic rings. The Morgan fingerprint density at radius 3 is 2.56 bits per heavy atom. The highest BCUT2D eigenvalue weighted by Crippen LogP contribution is 2.04. The molecule has 0 radical (unpaired) electrons. The molecule has 1 atom stereocenters. The zero-order chi connectivity index (χ0) is 13.5. The first kappa shape index (κ1) is 14.9. The van der Waals surface area contributed by atoms with Crippen LogP contribution < -0.4 is 5.32 Å². The highest BCUT2D eigenvalue weighted by atomic mass is 127. The number of ether oxygens (including phenoxy) is 1. The van der Waals surface area contributed by atoms with Crippen molar-refractivity contribution in [2.75, 3.05) is 13.7 Å². The number of alkyl halides is 1. The second-order valence-electron chi connectivity index (χ2n) is 3.60. The van der Waals surface area contributed by atoms with Crippen LogP contribution in [0.3, 0.4) is 0 Å². The molecule has 0 aliphatic heterocycles. The predicted octanol–water partition coefficient (Wildman–Crippen LogP) is 1.46. The average molecular weight is 365 g/mol. The number of hydrogen-bond donors (Lipinski definition) is 1. The number of carbonyl (C=O) groups is 2. The largest absolute Gasteiger partial charge is 0.468 e. The third-order valence-corrected chi connectivity index (χ3v) is 3.16. The fraction of sp³-hybridized carbons (Fsp3) is 0.333. The minimum atomic E-state index is -0.412. The number of amides is 1. The molecule has 6 heteroatoms. The van der Waals surface area contributed by atoms with Crippen molar-refractivity contribution in [3.63, 3.8) is 0 Å². The van der Waals surface area contributed by atoms with Crippen molar-refractivity contribution >= 4 is 34.5 Å². The van der Waals surface area contributed by atoms with E-state index in [9.17, 15) is 14.0 Å². The monoisotopic (exact) mass is 365 g/mol. The zero-order valence-corrected chi connectivity index (χ0v) is 11.9. The maximum atomic E-state index is 12.7. The van der Waals surface area contributed by atoms with Gasteiger partial charge in [0.25, 0.3) is 0 Å². The molecule has 0 aromatic heterocycles. The highest BCUT2D eigenvalue weighted by Gasteiger charge is 2.15. The summed E-state index contributed by atoms with van der Waals surface area (Å²) >= 11 is 1.90. The Labute approximate surface area is 118 Å². The van der Waals surface area contributed by atoms with Crippen molar-refractivity contribution in [3.8, 4) is 0 Å². The number of hydrogen-bond acceptors (Lipinski definition) is 3. The van der Waals surface area contributed by atoms with Crippen LogP contribution in [0.2, 0.25) is 0 Å². The summed E-state index contributed by atoms with van der Waals surface area (Å²) in [4.78, 5) is 22.6. The third-order valence-electron chi connectivity index (χ3n) is 2.21. The van der Waals surface area contributed by atoms with E-state index >= 15 is 0 Å². The fourth-order valence-corrected chi connectivity index (χ4v) is 1.74. The fourth-order valence-electron chi connectivity index (χ4n) is 1.26. The Morgan fingerprint density at radius 1 is 1.39 bits per heavy atom. The van der Waals surface area contributed by atoms with Crippen LogP contribution in [0.25, 0.3) is 0 Å². The standard InChI is InChI=1S/C12H13FINO3/c1-18-12(17)10(14)7-15-11(16)6-8-2-4-9(13)5-3-8/h2-5,10H,6-7H2,1H3,(H,15,16). The van der Waals surface area contributed by atoms with E-state index < -0.39 is 3.92 Å². The second kappa shape index (κ2) is 7.30. The molecular weight excluding hydrogens is 352 g/mol. The molecule has 0 spiro atoms. The van der Waals surface area contributed by atoms with E-state index in [1.54, 1.807) is 12.1 Å². The SMILES string of the molecule is COC(=O)C(I)CNC(=O)Cc1ccc(F)cc1. The van der Waals surface area contributed by atoms with Crippen LogP contribution in [0.5, 0.6) is 0 Å². The van der Waals surface area contributed by atoms with Crippen LogP contribution in [0, 0.1) is 5.82 Å². The molecule has 1 aromatic carbocycles. The minimum Gasteiger partial charge on any atom is -0.468 e. The van der Waals surface area contributed by atoms with Crippen LogP contribution >= 0.6 is 22.6 Å². The van der Waals surface area contributed by atoms with E-state index in [0.29, 0.717) is 0 Å². The number of rotatable bonds is 5. The summed E-state index contributed by atoms with van der Waals surface area (Å²) in [5.74, 6) is -0.929. The molecule has 4 nitrogen and oxygen atoms in total. The summed E-state index contributed by atoms with van der Waals surface area (Å²) in [6.45, 7) is 0.216. The Morgan fingerprint density at radius 2 is 2.00 bits per heavy atom. The minimum absolute atomic E-state index is 0.158. The van der Waals surface area contributed by atoms with Crippen LogP contribution in [-0.2, 0) is 20.7 Å². The van der Waals surface area contributed by atoms with Gasteiger partial charge in [0.15, 0.2) is 0 Å². The maximum Gasteiger partial charge on any atom is 0.320 e. The van der Waals surface area contributed by atoms with E-state index in [-0.39, 0.29) is 30.7 Å². The molecule has 0 heterocycles. The molecular formula is C12H13FINO3. The number of methoxy groups -OCH3 is 1. The van der Waals surface area contributed by atoms with Crippen LogP contribution in [0.4, 0.5) is 4.39 Å². The quantitative estimate of drug-likeness (QED) is 0.489. The van der Waals surface area contributed by atoms with Gasteiger partial charge in [0.05, 0.1) is 13.5 Å². The molecule has 98 valence electrons. The summed E-state index contributed by atoms with van der Waals surface area (Å²) in [7, 11) is 1.30. The van der Waals surface area contributed by atoms with Gasteiger partial charge in [-0.15, -0.1) is 0 Å². The molecule has 0 saturated heterocycles. The number of carbonyl (C=O) groups excluding carboxylic acids is 2. The van der Waals surface area contributed by atoms with Gasteiger partial charge in [-0.3, -0.25) is 9.59 Å². The Hall–Kier alpha value is -1.18. The number of nitrogens with one attached hydrogen (secondary N) is 1. The van der Waals surface area contributed by atoms with Gasteiger partial charge in [-0.05, 0) is 17.7 Å². The van der Waals surface area contributed by atoms with Gasteiger partial charge in [-0.1, -0.05) is 34.7 Å². The molecule has 1 rings (SSSR count). The van der Waals surface area contributed by atoms with Gasteiger partial charge in [0.1, 0.15) is 9.74 Å². The molecule has 1 N–H and O–H groups in total. The first-order valence-corrected chi connectivity index (χ1v) is 6.50. The number of halogens is 2. The molecule has 0 fully saturated rings.